The van der Waals surface area contributed by atoms with Crippen molar-refractivity contribution in [3.8, 4) is 0 Å². The van der Waals surface area contributed by atoms with Gasteiger partial charge in [-0.15, -0.1) is 0 Å². The number of nitrogens with one attached hydrogen (secondary N) is 2. The lowest BCUT2D eigenvalue weighted by atomic mass is 9.95. The fourth-order valence-corrected chi connectivity index (χ4v) is 4.35. The van der Waals surface area contributed by atoms with Gasteiger partial charge in [-0.25, -0.2) is 0 Å². The van der Waals surface area contributed by atoms with E-state index in [0.29, 0.717) is 18.2 Å². The maximum atomic E-state index is 12.6. The Balaban J connectivity index is 1.61. The summed E-state index contributed by atoms with van der Waals surface area (Å²) in [5.74, 6) is 0.335. The number of carbonyl (C=O) groups excluding carboxylic acids is 2. The van der Waals surface area contributed by atoms with Crippen LogP contribution in [0.3, 0.4) is 0 Å². The lowest BCUT2D eigenvalue weighted by Gasteiger charge is -2.23. The molecule has 2 aliphatic carbocycles. The molecule has 5 heteroatoms. The predicted molar refractivity (Wildman–Crippen MR) is 104 cm³/mol. The van der Waals surface area contributed by atoms with Gasteiger partial charge in [0, 0.05) is 23.2 Å². The number of anilines is 1. The van der Waals surface area contributed by atoms with Crippen molar-refractivity contribution in [1.29, 1.82) is 0 Å². The molecule has 2 amide bonds. The molecule has 3 rings (SSSR count). The SMILES string of the molecule is Cc1cc(C(=O)NC2CCCCC2)ccc1NC(=O)[C@@H]1CCC[C@@H]1CN. The van der Waals surface area contributed by atoms with E-state index in [-0.39, 0.29) is 23.7 Å². The Labute approximate surface area is 156 Å². The van der Waals surface area contributed by atoms with Gasteiger partial charge < -0.3 is 16.4 Å². The van der Waals surface area contributed by atoms with Crippen LogP contribution in [0, 0.1) is 18.8 Å². The molecule has 2 aliphatic rings. The van der Waals surface area contributed by atoms with Gasteiger partial charge in [-0.2, -0.15) is 0 Å². The van der Waals surface area contributed by atoms with Crippen LogP contribution in [0.4, 0.5) is 5.69 Å². The van der Waals surface area contributed by atoms with E-state index in [1.165, 1.54) is 19.3 Å². The maximum absolute atomic E-state index is 12.6. The van der Waals surface area contributed by atoms with Gasteiger partial charge >= 0.3 is 0 Å². The fourth-order valence-electron chi connectivity index (χ4n) is 4.35. The predicted octanol–water partition coefficient (Wildman–Crippen LogP) is 3.37. The summed E-state index contributed by atoms with van der Waals surface area (Å²) in [5, 5.41) is 6.18. The first kappa shape index (κ1) is 18.9. The van der Waals surface area contributed by atoms with Crippen molar-refractivity contribution >= 4 is 17.5 Å². The second kappa shape index (κ2) is 8.67. The van der Waals surface area contributed by atoms with Crippen molar-refractivity contribution in [2.75, 3.05) is 11.9 Å². The summed E-state index contributed by atoms with van der Waals surface area (Å²) in [6.07, 6.45) is 8.82. The second-order valence-electron chi connectivity index (χ2n) is 7.86. The Morgan fingerprint density at radius 1 is 1.08 bits per heavy atom. The van der Waals surface area contributed by atoms with E-state index in [1.54, 1.807) is 6.07 Å². The molecule has 1 aromatic rings. The number of rotatable bonds is 5. The number of hydrogen-bond acceptors (Lipinski definition) is 3. The number of aryl methyl sites for hydroxylation is 1. The summed E-state index contributed by atoms with van der Waals surface area (Å²) in [6.45, 7) is 2.50. The highest BCUT2D eigenvalue weighted by Crippen LogP contribution is 2.32. The second-order valence-corrected chi connectivity index (χ2v) is 7.86. The Morgan fingerprint density at radius 2 is 1.85 bits per heavy atom. The van der Waals surface area contributed by atoms with E-state index in [9.17, 15) is 9.59 Å². The van der Waals surface area contributed by atoms with Crippen LogP contribution in [-0.4, -0.2) is 24.4 Å². The molecule has 0 spiro atoms. The zero-order chi connectivity index (χ0) is 18.5. The average Bonchev–Trinajstić information content (AvgIpc) is 3.13. The Kier molecular flexibility index (Phi) is 6.30. The number of benzene rings is 1. The van der Waals surface area contributed by atoms with E-state index in [0.717, 1.165) is 43.4 Å². The van der Waals surface area contributed by atoms with Crippen molar-refractivity contribution < 1.29 is 9.59 Å². The molecule has 26 heavy (non-hydrogen) atoms. The van der Waals surface area contributed by atoms with Gasteiger partial charge in [0.1, 0.15) is 0 Å². The third-order valence-electron chi connectivity index (χ3n) is 5.99. The zero-order valence-corrected chi connectivity index (χ0v) is 15.7. The van der Waals surface area contributed by atoms with Crippen LogP contribution in [0.2, 0.25) is 0 Å². The minimum Gasteiger partial charge on any atom is -0.349 e. The van der Waals surface area contributed by atoms with Crippen LogP contribution in [0.15, 0.2) is 18.2 Å². The summed E-state index contributed by atoms with van der Waals surface area (Å²) >= 11 is 0. The molecule has 0 aromatic heterocycles. The van der Waals surface area contributed by atoms with Gasteiger partial charge in [0.05, 0.1) is 0 Å². The largest absolute Gasteiger partial charge is 0.349 e. The monoisotopic (exact) mass is 357 g/mol. The first-order valence-electron chi connectivity index (χ1n) is 10.0. The van der Waals surface area contributed by atoms with Gasteiger partial charge in [-0.3, -0.25) is 9.59 Å². The van der Waals surface area contributed by atoms with E-state index >= 15 is 0 Å². The minimum atomic E-state index is -0.0168. The molecule has 5 nitrogen and oxygen atoms in total. The van der Waals surface area contributed by atoms with Crippen molar-refractivity contribution in [3.05, 3.63) is 29.3 Å². The fraction of sp³-hybridized carbons (Fsp3) is 0.619. The smallest absolute Gasteiger partial charge is 0.251 e. The van der Waals surface area contributed by atoms with Crippen LogP contribution >= 0.6 is 0 Å². The lowest BCUT2D eigenvalue weighted by molar-refractivity contribution is -0.120. The number of amides is 2. The highest BCUT2D eigenvalue weighted by Gasteiger charge is 2.32. The van der Waals surface area contributed by atoms with E-state index in [4.69, 9.17) is 5.73 Å². The summed E-state index contributed by atoms with van der Waals surface area (Å²) < 4.78 is 0. The van der Waals surface area contributed by atoms with Crippen LogP contribution < -0.4 is 16.4 Å². The minimum absolute atomic E-state index is 0.00803. The third-order valence-corrected chi connectivity index (χ3v) is 5.99. The van der Waals surface area contributed by atoms with Crippen LogP contribution in [0.1, 0.15) is 67.3 Å². The molecule has 4 N–H and O–H groups in total. The summed E-state index contributed by atoms with van der Waals surface area (Å²) in [6, 6.07) is 5.81. The standard InChI is InChI=1S/C21H31N3O2/c1-14-12-15(20(25)23-17-7-3-2-4-8-17)10-11-19(14)24-21(26)18-9-5-6-16(18)13-22/h10-12,16-18H,2-9,13,22H2,1H3,(H,23,25)(H,24,26)/t16-,18-/m1/s1. The average molecular weight is 357 g/mol. The van der Waals surface area contributed by atoms with Crippen LogP contribution in [0.5, 0.6) is 0 Å². The highest BCUT2D eigenvalue weighted by atomic mass is 16.2. The molecule has 0 radical (unpaired) electrons. The lowest BCUT2D eigenvalue weighted by Crippen LogP contribution is -2.36. The molecule has 1 aromatic carbocycles. The molecule has 2 atom stereocenters. The highest BCUT2D eigenvalue weighted by molar-refractivity contribution is 5.97. The topological polar surface area (TPSA) is 84.2 Å². The Morgan fingerprint density at radius 3 is 2.54 bits per heavy atom. The quantitative estimate of drug-likeness (QED) is 0.755. The molecule has 2 fully saturated rings. The maximum Gasteiger partial charge on any atom is 0.251 e. The molecule has 2 saturated carbocycles. The first-order valence-corrected chi connectivity index (χ1v) is 10.0. The van der Waals surface area contributed by atoms with Crippen molar-refractivity contribution in [1.82, 2.24) is 5.32 Å². The normalized spacial score (nSPS) is 23.6. The zero-order valence-electron chi connectivity index (χ0n) is 15.7. The van der Waals surface area contributed by atoms with E-state index in [2.05, 4.69) is 10.6 Å². The number of hydrogen-bond donors (Lipinski definition) is 3. The summed E-state index contributed by atoms with van der Waals surface area (Å²) in [7, 11) is 0. The molecule has 0 aliphatic heterocycles. The molecular weight excluding hydrogens is 326 g/mol. The first-order chi connectivity index (χ1) is 12.6. The Hall–Kier alpha value is -1.88. The van der Waals surface area contributed by atoms with Gasteiger partial charge in [-0.05, 0) is 68.8 Å². The molecule has 142 valence electrons. The van der Waals surface area contributed by atoms with Gasteiger partial charge in [0.25, 0.3) is 5.91 Å². The molecular formula is C21H31N3O2. The molecule has 0 heterocycles. The van der Waals surface area contributed by atoms with E-state index < -0.39 is 0 Å². The Bertz CT molecular complexity index is 653. The molecule has 0 saturated heterocycles. The van der Waals surface area contributed by atoms with Gasteiger partial charge in [0.2, 0.25) is 5.91 Å². The number of carbonyl (C=O) groups is 2. The third kappa shape index (κ3) is 4.44. The molecule has 0 unspecified atom stereocenters. The van der Waals surface area contributed by atoms with E-state index in [1.807, 2.05) is 19.1 Å². The van der Waals surface area contributed by atoms with Crippen molar-refractivity contribution in [3.63, 3.8) is 0 Å². The van der Waals surface area contributed by atoms with Gasteiger partial charge in [0.15, 0.2) is 0 Å². The molecule has 0 bridgehead atoms. The van der Waals surface area contributed by atoms with Gasteiger partial charge in [-0.1, -0.05) is 25.7 Å². The summed E-state index contributed by atoms with van der Waals surface area (Å²) in [4.78, 5) is 25.0. The van der Waals surface area contributed by atoms with Crippen LogP contribution in [-0.2, 0) is 4.79 Å². The summed E-state index contributed by atoms with van der Waals surface area (Å²) in [5.41, 5.74) is 8.15. The van der Waals surface area contributed by atoms with Crippen molar-refractivity contribution in [2.45, 2.75) is 64.3 Å². The van der Waals surface area contributed by atoms with Crippen molar-refractivity contribution in [2.24, 2.45) is 17.6 Å². The van der Waals surface area contributed by atoms with Crippen LogP contribution in [0.25, 0.3) is 0 Å². The number of nitrogens with two attached hydrogens (primary N) is 1.